The molecule has 1 N–H and O–H groups in total. The molecular weight excluding hydrogens is 328 g/mol. The highest BCUT2D eigenvalue weighted by Gasteiger charge is 2.07. The molecule has 0 aromatic heterocycles. The van der Waals surface area contributed by atoms with Crippen molar-refractivity contribution in [2.24, 2.45) is 0 Å². The lowest BCUT2D eigenvalue weighted by Crippen LogP contribution is -2.12. The van der Waals surface area contributed by atoms with Crippen molar-refractivity contribution in [3.63, 3.8) is 0 Å². The number of hydrogen-bond acceptors (Lipinski definition) is 2. The van der Waals surface area contributed by atoms with Crippen LogP contribution in [0.4, 0.5) is 14.5 Å². The lowest BCUT2D eigenvalue weighted by Gasteiger charge is -2.06. The molecule has 0 aliphatic carbocycles. The number of rotatable bonds is 6. The first kappa shape index (κ1) is 16.8. The number of benzene rings is 2. The zero-order valence-corrected chi connectivity index (χ0v) is 13.2. The topological polar surface area (TPSA) is 29.1 Å². The summed E-state index contributed by atoms with van der Waals surface area (Å²) in [6.07, 6.45) is 0.930. The monoisotopic (exact) mass is 341 g/mol. The summed E-state index contributed by atoms with van der Waals surface area (Å²) in [6.45, 7) is 0. The van der Waals surface area contributed by atoms with Crippen LogP contribution in [0.25, 0.3) is 0 Å². The number of anilines is 1. The van der Waals surface area contributed by atoms with E-state index in [0.29, 0.717) is 11.4 Å². The Morgan fingerprint density at radius 1 is 1.14 bits per heavy atom. The largest absolute Gasteiger partial charge is 0.324 e. The Kier molecular flexibility index (Phi) is 6.21. The molecule has 0 heterocycles. The minimum Gasteiger partial charge on any atom is -0.324 e. The third-order valence-corrected chi connectivity index (χ3v) is 4.19. The molecule has 1 amide bonds. The molecule has 2 aromatic carbocycles. The second-order valence-corrected chi connectivity index (χ2v) is 6.18. The van der Waals surface area contributed by atoms with Gasteiger partial charge < -0.3 is 5.32 Å². The van der Waals surface area contributed by atoms with Gasteiger partial charge in [0.2, 0.25) is 5.91 Å². The van der Waals surface area contributed by atoms with Crippen LogP contribution in [-0.2, 0) is 4.79 Å². The normalized spacial score (nSPS) is 10.5. The van der Waals surface area contributed by atoms with Crippen molar-refractivity contribution in [2.75, 3.05) is 11.1 Å². The molecule has 2 nitrogen and oxygen atoms in total. The summed E-state index contributed by atoms with van der Waals surface area (Å²) < 4.78 is 26.1. The molecule has 0 unspecified atom stereocenters. The van der Waals surface area contributed by atoms with Crippen molar-refractivity contribution in [3.8, 4) is 0 Å². The number of halogens is 3. The number of nitrogens with one attached hydrogen (secondary N) is 1. The molecule has 0 spiro atoms. The van der Waals surface area contributed by atoms with Crippen LogP contribution in [0.1, 0.15) is 12.8 Å². The Hall–Kier alpha value is -1.59. The summed E-state index contributed by atoms with van der Waals surface area (Å²) in [4.78, 5) is 12.8. The number of carbonyl (C=O) groups is 1. The van der Waals surface area contributed by atoms with E-state index in [2.05, 4.69) is 5.32 Å². The quantitative estimate of drug-likeness (QED) is 0.583. The molecule has 6 heteroatoms. The van der Waals surface area contributed by atoms with E-state index < -0.39 is 11.6 Å². The summed E-state index contributed by atoms with van der Waals surface area (Å²) in [7, 11) is 0. The van der Waals surface area contributed by atoms with E-state index in [0.717, 1.165) is 22.8 Å². The van der Waals surface area contributed by atoms with Crippen molar-refractivity contribution in [3.05, 3.63) is 59.1 Å². The van der Waals surface area contributed by atoms with Crippen LogP contribution < -0.4 is 5.32 Å². The maximum atomic E-state index is 13.4. The van der Waals surface area contributed by atoms with Crippen LogP contribution >= 0.6 is 23.4 Å². The van der Waals surface area contributed by atoms with Crippen molar-refractivity contribution in [1.82, 2.24) is 0 Å². The average molecular weight is 342 g/mol. The van der Waals surface area contributed by atoms with Gasteiger partial charge in [0.05, 0.1) is 5.69 Å². The summed E-state index contributed by atoms with van der Waals surface area (Å²) in [5, 5.41) is 3.12. The number of carbonyl (C=O) groups excluding carboxylic acids is 1. The van der Waals surface area contributed by atoms with Crippen LogP contribution in [0.15, 0.2) is 47.4 Å². The minimum absolute atomic E-state index is 0.00301. The summed E-state index contributed by atoms with van der Waals surface area (Å²) >= 11 is 7.42. The Morgan fingerprint density at radius 2 is 1.86 bits per heavy atom. The second kappa shape index (κ2) is 8.15. The van der Waals surface area contributed by atoms with Crippen molar-refractivity contribution in [1.29, 1.82) is 0 Å². The lowest BCUT2D eigenvalue weighted by molar-refractivity contribution is -0.116. The Balaban J connectivity index is 1.72. The van der Waals surface area contributed by atoms with Gasteiger partial charge in [0, 0.05) is 22.4 Å². The molecule has 0 aliphatic rings. The minimum atomic E-state index is -0.774. The highest BCUT2D eigenvalue weighted by molar-refractivity contribution is 7.99. The van der Waals surface area contributed by atoms with Gasteiger partial charge in [0.15, 0.2) is 0 Å². The fourth-order valence-electron chi connectivity index (χ4n) is 1.76. The highest BCUT2D eigenvalue weighted by atomic mass is 35.5. The maximum Gasteiger partial charge on any atom is 0.224 e. The highest BCUT2D eigenvalue weighted by Crippen LogP contribution is 2.21. The van der Waals surface area contributed by atoms with Crippen molar-refractivity contribution >= 4 is 35.0 Å². The van der Waals surface area contributed by atoms with Crippen LogP contribution in [0.3, 0.4) is 0 Å². The van der Waals surface area contributed by atoms with E-state index in [1.54, 1.807) is 11.8 Å². The SMILES string of the molecule is O=C(CCCSc1ccc(Cl)cc1)Nc1ccc(F)cc1F. The van der Waals surface area contributed by atoms with Gasteiger partial charge in [-0.2, -0.15) is 0 Å². The molecule has 22 heavy (non-hydrogen) atoms. The Morgan fingerprint density at radius 3 is 2.55 bits per heavy atom. The van der Waals surface area contributed by atoms with E-state index in [1.807, 2.05) is 24.3 Å². The predicted octanol–water partition coefficient (Wildman–Crippen LogP) is 5.13. The zero-order valence-electron chi connectivity index (χ0n) is 11.6. The molecule has 0 radical (unpaired) electrons. The van der Waals surface area contributed by atoms with Gasteiger partial charge in [-0.25, -0.2) is 8.78 Å². The van der Waals surface area contributed by atoms with Gasteiger partial charge in [-0.1, -0.05) is 11.6 Å². The van der Waals surface area contributed by atoms with Gasteiger partial charge >= 0.3 is 0 Å². The van der Waals surface area contributed by atoms with Crippen molar-refractivity contribution in [2.45, 2.75) is 17.7 Å². The van der Waals surface area contributed by atoms with Gasteiger partial charge in [-0.3, -0.25) is 4.79 Å². The number of thioether (sulfide) groups is 1. The number of hydrogen-bond donors (Lipinski definition) is 1. The maximum absolute atomic E-state index is 13.4. The summed E-state index contributed by atoms with van der Waals surface area (Å²) in [5.41, 5.74) is -0.00301. The smallest absolute Gasteiger partial charge is 0.224 e. The van der Waals surface area contributed by atoms with Gasteiger partial charge in [-0.15, -0.1) is 11.8 Å². The Labute approximate surface area is 136 Å². The lowest BCUT2D eigenvalue weighted by atomic mass is 10.2. The molecule has 0 fully saturated rings. The van der Waals surface area contributed by atoms with E-state index in [1.165, 1.54) is 6.07 Å². The third kappa shape index (κ3) is 5.31. The standard InChI is InChI=1S/C16H14ClF2NOS/c17-11-3-6-13(7-4-11)22-9-1-2-16(21)20-15-8-5-12(18)10-14(15)19/h3-8,10H,1-2,9H2,(H,20,21). The molecule has 0 saturated carbocycles. The summed E-state index contributed by atoms with van der Waals surface area (Å²) in [5.74, 6) is -0.970. The first-order valence-electron chi connectivity index (χ1n) is 6.68. The second-order valence-electron chi connectivity index (χ2n) is 4.58. The van der Waals surface area contributed by atoms with E-state index in [9.17, 15) is 13.6 Å². The predicted molar refractivity (Wildman–Crippen MR) is 86.4 cm³/mol. The molecule has 2 rings (SSSR count). The van der Waals surface area contributed by atoms with Gasteiger partial charge in [0.25, 0.3) is 0 Å². The fourth-order valence-corrected chi connectivity index (χ4v) is 2.74. The van der Waals surface area contributed by atoms with Crippen LogP contribution in [0.2, 0.25) is 5.02 Å². The Bertz CT molecular complexity index is 649. The molecule has 0 saturated heterocycles. The zero-order chi connectivity index (χ0) is 15.9. The van der Waals surface area contributed by atoms with Gasteiger partial charge in [-0.05, 0) is 48.6 Å². The first-order valence-corrected chi connectivity index (χ1v) is 8.04. The molecular formula is C16H14ClF2NOS. The van der Waals surface area contributed by atoms with E-state index in [4.69, 9.17) is 11.6 Å². The average Bonchev–Trinajstić information content (AvgIpc) is 2.48. The van der Waals surface area contributed by atoms with Gasteiger partial charge in [0.1, 0.15) is 11.6 Å². The third-order valence-electron chi connectivity index (χ3n) is 2.84. The molecule has 0 bridgehead atoms. The summed E-state index contributed by atoms with van der Waals surface area (Å²) in [6, 6.07) is 10.5. The molecule has 0 atom stereocenters. The van der Waals surface area contributed by atoms with E-state index in [-0.39, 0.29) is 18.0 Å². The van der Waals surface area contributed by atoms with Crippen LogP contribution in [0, 0.1) is 11.6 Å². The molecule has 2 aromatic rings. The van der Waals surface area contributed by atoms with Crippen LogP contribution in [-0.4, -0.2) is 11.7 Å². The van der Waals surface area contributed by atoms with Crippen molar-refractivity contribution < 1.29 is 13.6 Å². The first-order chi connectivity index (χ1) is 10.5. The van der Waals surface area contributed by atoms with E-state index >= 15 is 0 Å². The molecule has 0 aliphatic heterocycles. The number of amides is 1. The fraction of sp³-hybridized carbons (Fsp3) is 0.188. The molecule has 116 valence electrons. The van der Waals surface area contributed by atoms with Crippen LogP contribution in [0.5, 0.6) is 0 Å².